The molecular weight excluding hydrogens is 342 g/mol. The number of urea groups is 1. The lowest BCUT2D eigenvalue weighted by atomic mass is 10.1. The lowest BCUT2D eigenvalue weighted by molar-refractivity contribution is 0.0472. The van der Waals surface area contributed by atoms with Gasteiger partial charge in [-0.05, 0) is 37.6 Å². The molecule has 2 aromatic rings. The molecule has 0 atom stereocenters. The fourth-order valence-corrected chi connectivity index (χ4v) is 2.09. The normalized spacial score (nSPS) is 10.4. The number of esters is 1. The highest BCUT2D eigenvalue weighted by Gasteiger charge is 2.08. The number of benzene rings is 1. The summed E-state index contributed by atoms with van der Waals surface area (Å²) in [7, 11) is 0. The van der Waals surface area contributed by atoms with E-state index in [1.165, 1.54) is 0 Å². The molecule has 0 saturated heterocycles. The van der Waals surface area contributed by atoms with E-state index in [-0.39, 0.29) is 18.7 Å². The van der Waals surface area contributed by atoms with Gasteiger partial charge >= 0.3 is 12.0 Å². The van der Waals surface area contributed by atoms with Crippen molar-refractivity contribution in [2.45, 2.75) is 33.0 Å². The third-order valence-electron chi connectivity index (χ3n) is 3.22. The van der Waals surface area contributed by atoms with E-state index in [2.05, 4.69) is 15.6 Å². The molecule has 0 fully saturated rings. The summed E-state index contributed by atoms with van der Waals surface area (Å²) in [6.07, 6.45) is 1.56. The monoisotopic (exact) mass is 361 g/mol. The molecule has 6 nitrogen and oxygen atoms in total. The quantitative estimate of drug-likeness (QED) is 0.611. The van der Waals surface area contributed by atoms with E-state index in [9.17, 15) is 9.59 Å². The number of nitrogens with zero attached hydrogens (tertiary/aromatic N) is 1. The molecule has 25 heavy (non-hydrogen) atoms. The van der Waals surface area contributed by atoms with Crippen molar-refractivity contribution < 1.29 is 14.3 Å². The minimum atomic E-state index is -0.424. The maximum absolute atomic E-state index is 12.0. The molecule has 2 amide bonds. The molecule has 2 rings (SSSR count). The van der Waals surface area contributed by atoms with Gasteiger partial charge in [-0.3, -0.25) is 0 Å². The van der Waals surface area contributed by atoms with Gasteiger partial charge in [0.1, 0.15) is 11.8 Å². The zero-order valence-electron chi connectivity index (χ0n) is 14.1. The fraction of sp³-hybridized carbons (Fsp3) is 0.278. The molecule has 132 valence electrons. The van der Waals surface area contributed by atoms with Gasteiger partial charge in [0.15, 0.2) is 0 Å². The second kappa shape index (κ2) is 9.03. The van der Waals surface area contributed by atoms with E-state index in [4.69, 9.17) is 16.3 Å². The van der Waals surface area contributed by atoms with E-state index < -0.39 is 5.97 Å². The van der Waals surface area contributed by atoms with Crippen molar-refractivity contribution in [3.8, 4) is 0 Å². The van der Waals surface area contributed by atoms with Gasteiger partial charge in [-0.25, -0.2) is 14.6 Å². The Labute approximate surface area is 151 Å². The van der Waals surface area contributed by atoms with Gasteiger partial charge in [0, 0.05) is 24.3 Å². The maximum atomic E-state index is 12.0. The van der Waals surface area contributed by atoms with E-state index in [1.807, 2.05) is 13.8 Å². The Kier molecular flexibility index (Phi) is 6.77. The lowest BCUT2D eigenvalue weighted by Crippen LogP contribution is -2.39. The van der Waals surface area contributed by atoms with Crippen LogP contribution in [0.25, 0.3) is 0 Å². The van der Waals surface area contributed by atoms with Crippen molar-refractivity contribution in [1.29, 1.82) is 0 Å². The second-order valence-electron chi connectivity index (χ2n) is 5.74. The molecule has 0 bridgehead atoms. The number of carbonyl (C=O) groups excluding carboxylic acids is 2. The number of aromatic nitrogens is 1. The Morgan fingerprint density at radius 1 is 1.12 bits per heavy atom. The average molecular weight is 362 g/mol. The first kappa shape index (κ1) is 18.7. The van der Waals surface area contributed by atoms with Crippen LogP contribution in [0.3, 0.4) is 0 Å². The Morgan fingerprint density at radius 2 is 1.80 bits per heavy atom. The van der Waals surface area contributed by atoms with Crippen LogP contribution in [0.2, 0.25) is 5.15 Å². The Morgan fingerprint density at radius 3 is 2.40 bits per heavy atom. The van der Waals surface area contributed by atoms with E-state index >= 15 is 0 Å². The first-order valence-electron chi connectivity index (χ1n) is 7.85. The molecule has 0 unspecified atom stereocenters. The summed E-state index contributed by atoms with van der Waals surface area (Å²) in [4.78, 5) is 27.5. The largest absolute Gasteiger partial charge is 0.457 e. The number of amides is 2. The predicted molar refractivity (Wildman–Crippen MR) is 95.3 cm³/mol. The predicted octanol–water partition coefficient (Wildman–Crippen LogP) is 3.30. The Bertz CT molecular complexity index is 715. The van der Waals surface area contributed by atoms with Gasteiger partial charge in [-0.1, -0.05) is 29.8 Å². The number of halogens is 1. The van der Waals surface area contributed by atoms with Crippen LogP contribution >= 0.6 is 11.6 Å². The molecular formula is C18H20ClN3O3. The van der Waals surface area contributed by atoms with Crippen LogP contribution in [0, 0.1) is 0 Å². The molecule has 0 aliphatic heterocycles. The fourth-order valence-electron chi connectivity index (χ4n) is 1.98. The molecule has 7 heteroatoms. The van der Waals surface area contributed by atoms with Crippen LogP contribution in [0.15, 0.2) is 42.6 Å². The average Bonchev–Trinajstić information content (AvgIpc) is 2.59. The number of carbonyl (C=O) groups is 2. The summed E-state index contributed by atoms with van der Waals surface area (Å²) >= 11 is 5.71. The Balaban J connectivity index is 1.83. The van der Waals surface area contributed by atoms with Crippen molar-refractivity contribution in [2.75, 3.05) is 0 Å². The standard InChI is InChI=1S/C18H20ClN3O3/c1-12(2)22-18(24)21-9-13-3-6-15(7-4-13)17(23)25-11-14-5-8-16(19)20-10-14/h3-8,10,12H,9,11H2,1-2H3,(H2,21,22,24). The Hall–Kier alpha value is -2.60. The zero-order valence-corrected chi connectivity index (χ0v) is 14.8. The third-order valence-corrected chi connectivity index (χ3v) is 3.44. The molecule has 1 aromatic carbocycles. The highest BCUT2D eigenvalue weighted by Crippen LogP contribution is 2.10. The van der Waals surface area contributed by atoms with Gasteiger partial charge in [-0.2, -0.15) is 0 Å². The summed E-state index contributed by atoms with van der Waals surface area (Å²) in [5.74, 6) is -0.424. The van der Waals surface area contributed by atoms with Gasteiger partial charge < -0.3 is 15.4 Å². The van der Waals surface area contributed by atoms with Crippen molar-refractivity contribution in [1.82, 2.24) is 15.6 Å². The van der Waals surface area contributed by atoms with E-state index in [0.717, 1.165) is 11.1 Å². The minimum absolute atomic E-state index is 0.0768. The van der Waals surface area contributed by atoms with E-state index in [1.54, 1.807) is 42.6 Å². The molecule has 2 N–H and O–H groups in total. The van der Waals surface area contributed by atoms with Crippen molar-refractivity contribution in [3.63, 3.8) is 0 Å². The highest BCUT2D eigenvalue weighted by atomic mass is 35.5. The van der Waals surface area contributed by atoms with Crippen LogP contribution in [-0.2, 0) is 17.9 Å². The second-order valence-corrected chi connectivity index (χ2v) is 6.13. The summed E-state index contributed by atoms with van der Waals surface area (Å²) in [5, 5.41) is 5.88. The lowest BCUT2D eigenvalue weighted by Gasteiger charge is -2.10. The molecule has 0 radical (unpaired) electrons. The van der Waals surface area contributed by atoms with Gasteiger partial charge in [-0.15, -0.1) is 0 Å². The third kappa shape index (κ3) is 6.43. The van der Waals surface area contributed by atoms with Gasteiger partial charge in [0.25, 0.3) is 0 Å². The van der Waals surface area contributed by atoms with Gasteiger partial charge in [0.2, 0.25) is 0 Å². The number of hydrogen-bond donors (Lipinski definition) is 2. The van der Waals surface area contributed by atoms with Crippen molar-refractivity contribution >= 4 is 23.6 Å². The summed E-state index contributed by atoms with van der Waals surface area (Å²) in [5.41, 5.74) is 2.09. The minimum Gasteiger partial charge on any atom is -0.457 e. The van der Waals surface area contributed by atoms with Crippen LogP contribution < -0.4 is 10.6 Å². The number of rotatable bonds is 6. The summed E-state index contributed by atoms with van der Waals surface area (Å²) in [6.45, 7) is 4.28. The molecule has 0 spiro atoms. The zero-order chi connectivity index (χ0) is 18.2. The molecule has 1 aromatic heterocycles. The molecule has 0 aliphatic rings. The van der Waals surface area contributed by atoms with Crippen LogP contribution in [0.1, 0.15) is 35.3 Å². The summed E-state index contributed by atoms with van der Waals surface area (Å²) < 4.78 is 5.23. The number of pyridine rings is 1. The number of nitrogens with one attached hydrogen (secondary N) is 2. The SMILES string of the molecule is CC(C)NC(=O)NCc1ccc(C(=O)OCc2ccc(Cl)nc2)cc1. The summed E-state index contributed by atoms with van der Waals surface area (Å²) in [6, 6.07) is 10.1. The van der Waals surface area contributed by atoms with Crippen LogP contribution in [0.4, 0.5) is 4.79 Å². The van der Waals surface area contributed by atoms with Crippen LogP contribution in [-0.4, -0.2) is 23.0 Å². The van der Waals surface area contributed by atoms with Crippen LogP contribution in [0.5, 0.6) is 0 Å². The van der Waals surface area contributed by atoms with Crippen molar-refractivity contribution in [3.05, 3.63) is 64.4 Å². The molecule has 0 aliphatic carbocycles. The number of ether oxygens (including phenoxy) is 1. The molecule has 0 saturated carbocycles. The topological polar surface area (TPSA) is 80.3 Å². The molecule has 1 heterocycles. The number of hydrogen-bond acceptors (Lipinski definition) is 4. The van der Waals surface area contributed by atoms with E-state index in [0.29, 0.717) is 17.3 Å². The highest BCUT2D eigenvalue weighted by molar-refractivity contribution is 6.29. The van der Waals surface area contributed by atoms with Gasteiger partial charge in [0.05, 0.1) is 5.56 Å². The smallest absolute Gasteiger partial charge is 0.338 e. The van der Waals surface area contributed by atoms with Crippen molar-refractivity contribution in [2.24, 2.45) is 0 Å². The first-order valence-corrected chi connectivity index (χ1v) is 8.22. The first-order chi connectivity index (χ1) is 11.9. The maximum Gasteiger partial charge on any atom is 0.338 e.